The van der Waals surface area contributed by atoms with E-state index in [4.69, 9.17) is 4.74 Å². The number of aromatic nitrogens is 2. The molecule has 2 heterocycles. The fraction of sp³-hybridized carbons (Fsp3) is 0.474. The van der Waals surface area contributed by atoms with E-state index in [2.05, 4.69) is 26.4 Å². The molecule has 0 spiro atoms. The Morgan fingerprint density at radius 3 is 3.00 bits per heavy atom. The molecular formula is C19H26N4O2. The van der Waals surface area contributed by atoms with Gasteiger partial charge in [-0.3, -0.25) is 4.79 Å². The molecule has 0 radical (unpaired) electrons. The number of carbonyl (C=O) groups is 1. The summed E-state index contributed by atoms with van der Waals surface area (Å²) in [5.41, 5.74) is 1.20. The molecule has 25 heavy (non-hydrogen) atoms. The minimum atomic E-state index is -0.0981. The molecule has 0 saturated heterocycles. The summed E-state index contributed by atoms with van der Waals surface area (Å²) in [6.07, 6.45) is 6.37. The van der Waals surface area contributed by atoms with Gasteiger partial charge in [-0.15, -0.1) is 0 Å². The van der Waals surface area contributed by atoms with Crippen molar-refractivity contribution >= 4 is 5.91 Å². The third-order valence-corrected chi connectivity index (χ3v) is 4.45. The number of hydrogen-bond donors (Lipinski definition) is 2. The second-order valence-corrected chi connectivity index (χ2v) is 6.34. The number of nitrogens with zero attached hydrogens (tertiary/aromatic N) is 2. The summed E-state index contributed by atoms with van der Waals surface area (Å²) >= 11 is 0. The lowest BCUT2D eigenvalue weighted by atomic mass is 9.99. The molecule has 3 rings (SSSR count). The van der Waals surface area contributed by atoms with Gasteiger partial charge >= 0.3 is 0 Å². The molecule has 1 aromatic carbocycles. The maximum Gasteiger partial charge on any atom is 0.257 e. The van der Waals surface area contributed by atoms with E-state index in [9.17, 15) is 4.79 Å². The fourth-order valence-electron chi connectivity index (χ4n) is 3.19. The zero-order valence-corrected chi connectivity index (χ0v) is 14.7. The normalized spacial score (nSPS) is 16.3. The molecule has 1 aliphatic rings. The second-order valence-electron chi connectivity index (χ2n) is 6.34. The lowest BCUT2D eigenvalue weighted by molar-refractivity contribution is -0.122. The van der Waals surface area contributed by atoms with Crippen LogP contribution in [0.2, 0.25) is 0 Å². The van der Waals surface area contributed by atoms with Crippen molar-refractivity contribution in [1.82, 2.24) is 20.2 Å². The largest absolute Gasteiger partial charge is 0.484 e. The molecule has 1 aliphatic heterocycles. The van der Waals surface area contributed by atoms with Crippen molar-refractivity contribution in [3.05, 3.63) is 48.0 Å². The minimum Gasteiger partial charge on any atom is -0.484 e. The number of carbonyl (C=O) groups excluding carboxylic acids is 1. The van der Waals surface area contributed by atoms with Crippen molar-refractivity contribution in [3.8, 4) is 5.75 Å². The molecule has 6 nitrogen and oxygen atoms in total. The number of fused-ring (bicyclic) bond motifs is 1. The van der Waals surface area contributed by atoms with Gasteiger partial charge < -0.3 is 19.9 Å². The SMILES string of the molecule is CCNC(=O)COc1ccc(CNCC2CCCn3ccnc32)cc1. The van der Waals surface area contributed by atoms with E-state index < -0.39 is 0 Å². The predicted molar refractivity (Wildman–Crippen MR) is 96.5 cm³/mol. The van der Waals surface area contributed by atoms with Crippen molar-refractivity contribution in [3.63, 3.8) is 0 Å². The number of ether oxygens (including phenoxy) is 1. The molecule has 0 saturated carbocycles. The number of likely N-dealkylation sites (N-methyl/N-ethyl adjacent to an activating group) is 1. The van der Waals surface area contributed by atoms with Crippen molar-refractivity contribution in [2.75, 3.05) is 19.7 Å². The highest BCUT2D eigenvalue weighted by atomic mass is 16.5. The fourth-order valence-corrected chi connectivity index (χ4v) is 3.19. The second kappa shape index (κ2) is 8.67. The number of nitrogens with one attached hydrogen (secondary N) is 2. The van der Waals surface area contributed by atoms with Crippen molar-refractivity contribution < 1.29 is 9.53 Å². The van der Waals surface area contributed by atoms with Crippen LogP contribution in [0.15, 0.2) is 36.7 Å². The van der Waals surface area contributed by atoms with Gasteiger partial charge in [0.25, 0.3) is 5.91 Å². The molecule has 2 aromatic rings. The van der Waals surface area contributed by atoms with Gasteiger partial charge in [-0.25, -0.2) is 4.98 Å². The van der Waals surface area contributed by atoms with Crippen LogP contribution in [-0.2, 0) is 17.9 Å². The number of hydrogen-bond acceptors (Lipinski definition) is 4. The van der Waals surface area contributed by atoms with E-state index in [1.54, 1.807) is 0 Å². The van der Waals surface area contributed by atoms with Crippen molar-refractivity contribution in [1.29, 1.82) is 0 Å². The first-order valence-corrected chi connectivity index (χ1v) is 8.96. The summed E-state index contributed by atoms with van der Waals surface area (Å²) in [5, 5.41) is 6.24. The van der Waals surface area contributed by atoms with Gasteiger partial charge in [-0.2, -0.15) is 0 Å². The maximum atomic E-state index is 11.4. The third-order valence-electron chi connectivity index (χ3n) is 4.45. The van der Waals surface area contributed by atoms with Crippen LogP contribution >= 0.6 is 0 Å². The first-order valence-electron chi connectivity index (χ1n) is 8.96. The lowest BCUT2D eigenvalue weighted by Gasteiger charge is -2.23. The molecule has 0 bridgehead atoms. The predicted octanol–water partition coefficient (Wildman–Crippen LogP) is 2.07. The Morgan fingerprint density at radius 2 is 2.20 bits per heavy atom. The highest BCUT2D eigenvalue weighted by Crippen LogP contribution is 2.24. The molecule has 0 aliphatic carbocycles. The number of benzene rings is 1. The van der Waals surface area contributed by atoms with Crippen molar-refractivity contribution in [2.24, 2.45) is 0 Å². The molecule has 6 heteroatoms. The monoisotopic (exact) mass is 342 g/mol. The van der Waals surface area contributed by atoms with Crippen LogP contribution in [0.4, 0.5) is 0 Å². The minimum absolute atomic E-state index is 0.0553. The van der Waals surface area contributed by atoms with Crippen LogP contribution in [0.25, 0.3) is 0 Å². The highest BCUT2D eigenvalue weighted by Gasteiger charge is 2.20. The van der Waals surface area contributed by atoms with E-state index in [1.165, 1.54) is 24.2 Å². The summed E-state index contributed by atoms with van der Waals surface area (Å²) in [6, 6.07) is 7.87. The Balaban J connectivity index is 1.43. The summed E-state index contributed by atoms with van der Waals surface area (Å²) in [6.45, 7) is 5.40. The van der Waals surface area contributed by atoms with Crippen LogP contribution in [0, 0.1) is 0 Å². The highest BCUT2D eigenvalue weighted by molar-refractivity contribution is 5.77. The molecule has 1 unspecified atom stereocenters. The van der Waals surface area contributed by atoms with Gasteiger partial charge in [0, 0.05) is 44.5 Å². The van der Waals surface area contributed by atoms with E-state index in [1.807, 2.05) is 37.4 Å². The zero-order chi connectivity index (χ0) is 17.5. The molecule has 134 valence electrons. The number of aryl methyl sites for hydroxylation is 1. The van der Waals surface area contributed by atoms with Gasteiger partial charge in [-0.1, -0.05) is 12.1 Å². The number of imidazole rings is 1. The Kier molecular flexibility index (Phi) is 6.06. The average Bonchev–Trinajstić information content (AvgIpc) is 3.11. The van der Waals surface area contributed by atoms with Gasteiger partial charge in [-0.05, 0) is 37.5 Å². The standard InChI is InChI=1S/C19H26N4O2/c1-2-21-18(24)14-25-17-7-5-15(6-8-17)12-20-13-16-4-3-10-23-11-9-22-19(16)23/h5-9,11,16,20H,2-4,10,12-14H2,1H3,(H,21,24). The summed E-state index contributed by atoms with van der Waals surface area (Å²) in [7, 11) is 0. The van der Waals surface area contributed by atoms with Crippen LogP contribution in [0.5, 0.6) is 5.75 Å². The molecule has 1 atom stereocenters. The molecule has 1 amide bonds. The first kappa shape index (κ1) is 17.5. The Bertz CT molecular complexity index is 681. The topological polar surface area (TPSA) is 68.2 Å². The van der Waals surface area contributed by atoms with Gasteiger partial charge in [0.1, 0.15) is 11.6 Å². The molecule has 1 aromatic heterocycles. The summed E-state index contributed by atoms with van der Waals surface area (Å²) in [4.78, 5) is 15.9. The van der Waals surface area contributed by atoms with Gasteiger partial charge in [0.2, 0.25) is 0 Å². The van der Waals surface area contributed by atoms with E-state index in [0.29, 0.717) is 18.2 Å². The molecular weight excluding hydrogens is 316 g/mol. The van der Waals surface area contributed by atoms with Crippen LogP contribution < -0.4 is 15.4 Å². The van der Waals surface area contributed by atoms with E-state index in [0.717, 1.165) is 19.6 Å². The Morgan fingerprint density at radius 1 is 1.36 bits per heavy atom. The van der Waals surface area contributed by atoms with Crippen LogP contribution in [0.1, 0.15) is 37.1 Å². The smallest absolute Gasteiger partial charge is 0.257 e. The Hall–Kier alpha value is -2.34. The Labute approximate surface area is 148 Å². The number of amides is 1. The van der Waals surface area contributed by atoms with Crippen molar-refractivity contribution in [2.45, 2.75) is 38.8 Å². The maximum absolute atomic E-state index is 11.4. The summed E-state index contributed by atoms with van der Waals surface area (Å²) < 4.78 is 7.72. The van der Waals surface area contributed by atoms with E-state index in [-0.39, 0.29) is 12.5 Å². The quantitative estimate of drug-likeness (QED) is 0.771. The zero-order valence-electron chi connectivity index (χ0n) is 14.7. The van der Waals surface area contributed by atoms with Crippen LogP contribution in [-0.4, -0.2) is 35.2 Å². The van der Waals surface area contributed by atoms with Crippen LogP contribution in [0.3, 0.4) is 0 Å². The lowest BCUT2D eigenvalue weighted by Crippen LogP contribution is -2.28. The first-order chi connectivity index (χ1) is 12.3. The molecule has 2 N–H and O–H groups in total. The summed E-state index contributed by atoms with van der Waals surface area (Å²) in [5.74, 6) is 2.31. The van der Waals surface area contributed by atoms with Gasteiger partial charge in [0.15, 0.2) is 6.61 Å². The number of rotatable bonds is 8. The third kappa shape index (κ3) is 4.82. The molecule has 0 fully saturated rings. The average molecular weight is 342 g/mol. The van der Waals surface area contributed by atoms with Gasteiger partial charge in [0.05, 0.1) is 0 Å². The van der Waals surface area contributed by atoms with E-state index >= 15 is 0 Å².